The number of likely N-dealkylation sites (tertiary alicyclic amines) is 1. The number of aromatic nitrogens is 1. The zero-order valence-electron chi connectivity index (χ0n) is 18.4. The molecule has 1 saturated heterocycles. The molecule has 0 spiro atoms. The van der Waals surface area contributed by atoms with Gasteiger partial charge >= 0.3 is 0 Å². The Hall–Kier alpha value is -3.72. The molecule has 3 aromatic rings. The molecule has 5 rings (SSSR count). The van der Waals surface area contributed by atoms with E-state index in [2.05, 4.69) is 9.71 Å². The van der Waals surface area contributed by atoms with Gasteiger partial charge in [0.2, 0.25) is 5.91 Å². The predicted octanol–water partition coefficient (Wildman–Crippen LogP) is 2.70. The van der Waals surface area contributed by atoms with E-state index in [1.807, 2.05) is 35.2 Å². The van der Waals surface area contributed by atoms with E-state index in [4.69, 9.17) is 0 Å². The van der Waals surface area contributed by atoms with E-state index < -0.39 is 10.0 Å². The summed E-state index contributed by atoms with van der Waals surface area (Å²) < 4.78 is 30.4. The molecule has 1 N–H and O–H groups in total. The lowest BCUT2D eigenvalue weighted by Gasteiger charge is -2.33. The number of hydrogen-bond donors (Lipinski definition) is 1. The number of amides is 1. The maximum atomic E-state index is 13.0. The van der Waals surface area contributed by atoms with Crippen LogP contribution in [0.15, 0.2) is 87.0 Å². The van der Waals surface area contributed by atoms with Crippen molar-refractivity contribution < 1.29 is 13.2 Å². The molecule has 0 unspecified atom stereocenters. The molecular formula is C25H24N4O4S. The highest BCUT2D eigenvalue weighted by molar-refractivity contribution is 7.90. The predicted molar refractivity (Wildman–Crippen MR) is 129 cm³/mol. The van der Waals surface area contributed by atoms with Gasteiger partial charge in [-0.25, -0.2) is 0 Å². The van der Waals surface area contributed by atoms with Crippen LogP contribution in [0.25, 0.3) is 0 Å². The largest absolute Gasteiger partial charge is 0.355 e. The maximum Gasteiger partial charge on any atom is 0.285 e. The number of carbonyl (C=O) groups excluding carboxylic acids is 1. The van der Waals surface area contributed by atoms with Crippen LogP contribution in [0.4, 0.5) is 5.69 Å². The fraction of sp³-hybridized carbons (Fsp3) is 0.240. The van der Waals surface area contributed by atoms with E-state index in [1.165, 1.54) is 6.07 Å². The van der Waals surface area contributed by atoms with Gasteiger partial charge in [-0.05, 0) is 48.7 Å². The molecule has 0 radical (unpaired) electrons. The van der Waals surface area contributed by atoms with E-state index in [0.717, 1.165) is 18.4 Å². The minimum atomic E-state index is -3.70. The first kappa shape index (κ1) is 22.1. The molecule has 9 heteroatoms. The van der Waals surface area contributed by atoms with Crippen molar-refractivity contribution in [1.29, 1.82) is 0 Å². The molecule has 2 aliphatic rings. The summed E-state index contributed by atoms with van der Waals surface area (Å²) in [6.07, 6.45) is 3.23. The van der Waals surface area contributed by atoms with Crippen LogP contribution in [0.1, 0.15) is 24.0 Å². The topological polar surface area (TPSA) is 101 Å². The molecule has 2 aliphatic heterocycles. The molecule has 1 atom stereocenters. The van der Waals surface area contributed by atoms with Gasteiger partial charge in [0.05, 0.1) is 12.5 Å². The maximum absolute atomic E-state index is 13.0. The summed E-state index contributed by atoms with van der Waals surface area (Å²) in [6.45, 7) is 1.52. The Bertz CT molecular complexity index is 1430. The number of anilines is 1. The van der Waals surface area contributed by atoms with Crippen LogP contribution in [-0.4, -0.2) is 42.7 Å². The SMILES string of the molecule is O=C(Nc1ccc(Cn2ccccc2=O)cc1)[C@H]1CCCN(C2=NS(=O)(=O)c3ccccc32)C1. The van der Waals surface area contributed by atoms with Crippen LogP contribution in [0, 0.1) is 5.92 Å². The lowest BCUT2D eigenvalue weighted by Crippen LogP contribution is -2.43. The number of pyridine rings is 1. The Kier molecular flexibility index (Phi) is 5.79. The van der Waals surface area contributed by atoms with E-state index in [1.54, 1.807) is 41.1 Å². The lowest BCUT2D eigenvalue weighted by molar-refractivity contribution is -0.121. The Balaban J connectivity index is 1.25. The summed E-state index contributed by atoms with van der Waals surface area (Å²) in [5, 5.41) is 2.97. The van der Waals surface area contributed by atoms with Gasteiger partial charge in [0, 0.05) is 36.6 Å². The van der Waals surface area contributed by atoms with Crippen molar-refractivity contribution in [2.24, 2.45) is 10.3 Å². The second kappa shape index (κ2) is 8.90. The number of sulfonamides is 1. The normalized spacial score (nSPS) is 18.8. The molecule has 3 heterocycles. The molecule has 2 aromatic carbocycles. The number of piperidine rings is 1. The third-order valence-electron chi connectivity index (χ3n) is 6.18. The zero-order chi connectivity index (χ0) is 23.7. The summed E-state index contributed by atoms with van der Waals surface area (Å²) in [4.78, 5) is 27.0. The molecule has 34 heavy (non-hydrogen) atoms. The van der Waals surface area contributed by atoms with Crippen molar-refractivity contribution >= 4 is 27.5 Å². The Labute approximate surface area is 197 Å². The fourth-order valence-electron chi connectivity index (χ4n) is 4.43. The highest BCUT2D eigenvalue weighted by Crippen LogP contribution is 2.30. The van der Waals surface area contributed by atoms with E-state index >= 15 is 0 Å². The number of hydrogen-bond acceptors (Lipinski definition) is 5. The van der Waals surface area contributed by atoms with Crippen LogP contribution in [0.3, 0.4) is 0 Å². The number of benzene rings is 2. The van der Waals surface area contributed by atoms with Crippen molar-refractivity contribution in [3.8, 4) is 0 Å². The molecule has 0 bridgehead atoms. The highest BCUT2D eigenvalue weighted by atomic mass is 32.2. The van der Waals surface area contributed by atoms with Crippen LogP contribution in [-0.2, 0) is 21.4 Å². The zero-order valence-corrected chi connectivity index (χ0v) is 19.2. The molecule has 174 valence electrons. The van der Waals surface area contributed by atoms with E-state index in [0.29, 0.717) is 36.7 Å². The quantitative estimate of drug-likeness (QED) is 0.624. The fourth-order valence-corrected chi connectivity index (χ4v) is 5.65. The van der Waals surface area contributed by atoms with Crippen LogP contribution in [0.5, 0.6) is 0 Å². The summed E-state index contributed by atoms with van der Waals surface area (Å²) >= 11 is 0. The summed E-state index contributed by atoms with van der Waals surface area (Å²) in [7, 11) is -3.70. The first-order valence-electron chi connectivity index (χ1n) is 11.2. The minimum absolute atomic E-state index is 0.0657. The second-order valence-electron chi connectivity index (χ2n) is 8.52. The van der Waals surface area contributed by atoms with Crippen LogP contribution >= 0.6 is 0 Å². The van der Waals surface area contributed by atoms with Crippen molar-refractivity contribution in [2.75, 3.05) is 18.4 Å². The molecule has 0 aliphatic carbocycles. The number of carbonyl (C=O) groups is 1. The third kappa shape index (κ3) is 4.38. The van der Waals surface area contributed by atoms with Gasteiger partial charge in [0.25, 0.3) is 15.6 Å². The Morgan fingerprint density at radius 2 is 1.79 bits per heavy atom. The number of nitrogens with zero attached hydrogens (tertiary/aromatic N) is 3. The second-order valence-corrected chi connectivity index (χ2v) is 10.1. The molecule has 1 fully saturated rings. The highest BCUT2D eigenvalue weighted by Gasteiger charge is 2.35. The first-order valence-corrected chi connectivity index (χ1v) is 12.6. The molecule has 1 amide bonds. The molecule has 0 saturated carbocycles. The van der Waals surface area contributed by atoms with Crippen LogP contribution in [0.2, 0.25) is 0 Å². The monoisotopic (exact) mass is 476 g/mol. The van der Waals surface area contributed by atoms with Gasteiger partial charge in [0.1, 0.15) is 4.90 Å². The Morgan fingerprint density at radius 3 is 2.59 bits per heavy atom. The van der Waals surface area contributed by atoms with Gasteiger partial charge in [0.15, 0.2) is 5.84 Å². The number of nitrogens with one attached hydrogen (secondary N) is 1. The van der Waals surface area contributed by atoms with Gasteiger partial charge in [-0.3, -0.25) is 9.59 Å². The Morgan fingerprint density at radius 1 is 1.03 bits per heavy atom. The van der Waals surface area contributed by atoms with Crippen molar-refractivity contribution in [2.45, 2.75) is 24.3 Å². The summed E-state index contributed by atoms with van der Waals surface area (Å²) in [5.74, 6) is 0.0366. The summed E-state index contributed by atoms with van der Waals surface area (Å²) in [6, 6.07) is 19.3. The smallest absolute Gasteiger partial charge is 0.285 e. The van der Waals surface area contributed by atoms with Crippen LogP contribution < -0.4 is 10.9 Å². The lowest BCUT2D eigenvalue weighted by atomic mass is 9.96. The van der Waals surface area contributed by atoms with Gasteiger partial charge < -0.3 is 14.8 Å². The number of rotatable bonds is 4. The van der Waals surface area contributed by atoms with Gasteiger partial charge in [-0.1, -0.05) is 30.3 Å². The average Bonchev–Trinajstić information content (AvgIpc) is 3.13. The molecular weight excluding hydrogens is 452 g/mol. The van der Waals surface area contributed by atoms with Gasteiger partial charge in [-0.2, -0.15) is 8.42 Å². The summed E-state index contributed by atoms with van der Waals surface area (Å²) in [5.41, 5.74) is 2.16. The third-order valence-corrected chi connectivity index (χ3v) is 7.50. The molecule has 8 nitrogen and oxygen atoms in total. The minimum Gasteiger partial charge on any atom is -0.355 e. The number of amidine groups is 1. The first-order chi connectivity index (χ1) is 16.4. The molecule has 1 aromatic heterocycles. The van der Waals surface area contributed by atoms with E-state index in [9.17, 15) is 18.0 Å². The van der Waals surface area contributed by atoms with Gasteiger partial charge in [-0.15, -0.1) is 4.40 Å². The average molecular weight is 477 g/mol. The van der Waals surface area contributed by atoms with Crippen molar-refractivity contribution in [1.82, 2.24) is 9.47 Å². The van der Waals surface area contributed by atoms with Crippen molar-refractivity contribution in [3.63, 3.8) is 0 Å². The standard InChI is InChI=1S/C25H24N4O4S/c30-23-9-3-4-14-28(23)16-18-10-12-20(13-11-18)26-25(31)19-6-5-15-29(17-19)24-21-7-1-2-8-22(21)34(32,33)27-24/h1-4,7-14,19H,5-6,15-17H2,(H,26,31)/t19-/m0/s1. The van der Waals surface area contributed by atoms with Crippen molar-refractivity contribution in [3.05, 3.63) is 94.4 Å². The number of fused-ring (bicyclic) bond motifs is 1. The van der Waals surface area contributed by atoms with E-state index in [-0.39, 0.29) is 22.3 Å².